The van der Waals surface area contributed by atoms with E-state index < -0.39 is 6.04 Å². The molecule has 0 bridgehead atoms. The van der Waals surface area contributed by atoms with E-state index in [0.717, 1.165) is 0 Å². The standard InChI is InChI=1S/C7H8N6O/c8-1-3-2-10-5-4(11-3)6(14)13-7(9)12-5/h3,11H,2H2,(H4,9,10,12,13,14). The quantitative estimate of drug-likeness (QED) is 0.422. The number of fused-ring (bicyclic) bond motifs is 1. The van der Waals surface area contributed by atoms with Gasteiger partial charge in [-0.05, 0) is 0 Å². The first-order chi connectivity index (χ1) is 6.70. The molecule has 1 aromatic heterocycles. The van der Waals surface area contributed by atoms with Crippen molar-refractivity contribution >= 4 is 17.5 Å². The van der Waals surface area contributed by atoms with Gasteiger partial charge >= 0.3 is 0 Å². The van der Waals surface area contributed by atoms with Crippen molar-refractivity contribution in [2.75, 3.05) is 22.9 Å². The predicted molar refractivity (Wildman–Crippen MR) is 50.8 cm³/mol. The molecule has 1 atom stereocenters. The molecule has 1 aromatic rings. The highest BCUT2D eigenvalue weighted by molar-refractivity contribution is 5.67. The smallest absolute Gasteiger partial charge is 0.277 e. The molecule has 14 heavy (non-hydrogen) atoms. The number of nitrogens with one attached hydrogen (secondary N) is 3. The second kappa shape index (κ2) is 2.92. The van der Waals surface area contributed by atoms with E-state index in [1.165, 1.54) is 0 Å². The summed E-state index contributed by atoms with van der Waals surface area (Å²) in [5.74, 6) is 0.441. The minimum absolute atomic E-state index is 0.0541. The summed E-state index contributed by atoms with van der Waals surface area (Å²) in [6.07, 6.45) is 0. The van der Waals surface area contributed by atoms with Gasteiger partial charge in [0.2, 0.25) is 5.95 Å². The highest BCUT2D eigenvalue weighted by Gasteiger charge is 2.20. The monoisotopic (exact) mass is 192 g/mol. The lowest BCUT2D eigenvalue weighted by atomic mass is 10.2. The van der Waals surface area contributed by atoms with E-state index in [9.17, 15) is 4.79 Å². The number of H-pyrrole nitrogens is 1. The zero-order chi connectivity index (χ0) is 10.1. The molecule has 0 radical (unpaired) electrons. The highest BCUT2D eigenvalue weighted by atomic mass is 16.1. The zero-order valence-corrected chi connectivity index (χ0v) is 7.16. The summed E-state index contributed by atoms with van der Waals surface area (Å²) in [6.45, 7) is 0.402. The molecule has 7 heteroatoms. The Morgan fingerprint density at radius 1 is 1.64 bits per heavy atom. The molecule has 2 rings (SSSR count). The summed E-state index contributed by atoms with van der Waals surface area (Å²) < 4.78 is 0. The number of anilines is 3. The number of hydrogen-bond acceptors (Lipinski definition) is 6. The summed E-state index contributed by atoms with van der Waals surface area (Å²) >= 11 is 0. The maximum atomic E-state index is 11.4. The van der Waals surface area contributed by atoms with Crippen molar-refractivity contribution in [3.8, 4) is 6.07 Å². The lowest BCUT2D eigenvalue weighted by Crippen LogP contribution is -2.36. The molecule has 72 valence electrons. The van der Waals surface area contributed by atoms with E-state index in [1.54, 1.807) is 0 Å². The Balaban J connectivity index is 2.48. The molecule has 0 spiro atoms. The van der Waals surface area contributed by atoms with E-state index in [4.69, 9.17) is 11.0 Å². The summed E-state index contributed by atoms with van der Waals surface area (Å²) in [6, 6.07) is 1.58. The highest BCUT2D eigenvalue weighted by Crippen LogP contribution is 2.18. The molecule has 1 aliphatic heterocycles. The van der Waals surface area contributed by atoms with Crippen LogP contribution < -0.4 is 21.9 Å². The summed E-state index contributed by atoms with van der Waals surface area (Å²) in [5.41, 5.74) is 5.24. The van der Waals surface area contributed by atoms with Crippen LogP contribution in [0, 0.1) is 11.3 Å². The van der Waals surface area contributed by atoms with Gasteiger partial charge in [-0.15, -0.1) is 0 Å². The number of aromatic amines is 1. The molecular formula is C7H8N6O. The zero-order valence-electron chi connectivity index (χ0n) is 7.16. The second-order valence-corrected chi connectivity index (χ2v) is 2.88. The van der Waals surface area contributed by atoms with Crippen LogP contribution in [0.4, 0.5) is 17.5 Å². The molecular weight excluding hydrogens is 184 g/mol. The van der Waals surface area contributed by atoms with Gasteiger partial charge in [-0.25, -0.2) is 0 Å². The normalized spacial score (nSPS) is 18.6. The van der Waals surface area contributed by atoms with Crippen molar-refractivity contribution in [3.63, 3.8) is 0 Å². The molecule has 1 unspecified atom stereocenters. The van der Waals surface area contributed by atoms with Gasteiger partial charge in [-0.3, -0.25) is 9.78 Å². The first kappa shape index (κ1) is 8.37. The Morgan fingerprint density at radius 3 is 3.14 bits per heavy atom. The number of hydrogen-bond donors (Lipinski definition) is 4. The molecule has 0 saturated carbocycles. The molecule has 2 heterocycles. The first-order valence-corrected chi connectivity index (χ1v) is 4.00. The van der Waals surface area contributed by atoms with E-state index in [1.807, 2.05) is 6.07 Å². The van der Waals surface area contributed by atoms with Crippen molar-refractivity contribution in [2.45, 2.75) is 6.04 Å². The average molecular weight is 192 g/mol. The van der Waals surface area contributed by atoms with Gasteiger partial charge in [0.25, 0.3) is 5.56 Å². The minimum Gasteiger partial charge on any atom is -0.369 e. The third kappa shape index (κ3) is 1.22. The molecule has 5 N–H and O–H groups in total. The molecule has 7 nitrogen and oxygen atoms in total. The fourth-order valence-electron chi connectivity index (χ4n) is 1.25. The van der Waals surface area contributed by atoms with Crippen molar-refractivity contribution in [1.82, 2.24) is 9.97 Å². The van der Waals surface area contributed by atoms with Crippen LogP contribution in [0.25, 0.3) is 0 Å². The Morgan fingerprint density at radius 2 is 2.43 bits per heavy atom. The van der Waals surface area contributed by atoms with Gasteiger partial charge in [0, 0.05) is 6.54 Å². The Hall–Kier alpha value is -2.23. The Labute approximate surface area is 79.0 Å². The van der Waals surface area contributed by atoms with Crippen LogP contribution in [0.5, 0.6) is 0 Å². The number of nitriles is 1. The summed E-state index contributed by atoms with van der Waals surface area (Å²) in [5, 5.41) is 14.3. The topological polar surface area (TPSA) is 120 Å². The van der Waals surface area contributed by atoms with Gasteiger partial charge in [0.1, 0.15) is 11.7 Å². The van der Waals surface area contributed by atoms with Crippen molar-refractivity contribution in [2.24, 2.45) is 0 Å². The Bertz CT molecular complexity index is 458. The van der Waals surface area contributed by atoms with Crippen LogP contribution in [-0.4, -0.2) is 22.6 Å². The molecule has 0 aromatic carbocycles. The van der Waals surface area contributed by atoms with E-state index in [0.29, 0.717) is 12.4 Å². The van der Waals surface area contributed by atoms with Gasteiger partial charge < -0.3 is 16.4 Å². The number of nitrogen functional groups attached to an aromatic ring is 1. The Kier molecular flexibility index (Phi) is 1.74. The van der Waals surface area contributed by atoms with Gasteiger partial charge in [-0.2, -0.15) is 10.2 Å². The molecule has 0 fully saturated rings. The van der Waals surface area contributed by atoms with Crippen LogP contribution in [0.15, 0.2) is 4.79 Å². The number of nitrogens with zero attached hydrogens (tertiary/aromatic N) is 2. The fraction of sp³-hybridized carbons (Fsp3) is 0.286. The largest absolute Gasteiger partial charge is 0.369 e. The predicted octanol–water partition coefficient (Wildman–Crippen LogP) is -0.918. The van der Waals surface area contributed by atoms with Crippen LogP contribution in [0.2, 0.25) is 0 Å². The minimum atomic E-state index is -0.422. The van der Waals surface area contributed by atoms with Crippen molar-refractivity contribution < 1.29 is 0 Å². The summed E-state index contributed by atoms with van der Waals surface area (Å²) in [4.78, 5) is 17.6. The van der Waals surface area contributed by atoms with Gasteiger partial charge in [0.05, 0.1) is 6.07 Å². The molecule has 0 amide bonds. The van der Waals surface area contributed by atoms with Crippen molar-refractivity contribution in [3.05, 3.63) is 10.4 Å². The average Bonchev–Trinajstić information content (AvgIpc) is 2.17. The maximum absolute atomic E-state index is 11.4. The van der Waals surface area contributed by atoms with Crippen LogP contribution in [0.3, 0.4) is 0 Å². The first-order valence-electron chi connectivity index (χ1n) is 4.00. The van der Waals surface area contributed by atoms with E-state index >= 15 is 0 Å². The maximum Gasteiger partial charge on any atom is 0.277 e. The lowest BCUT2D eigenvalue weighted by molar-refractivity contribution is 0.881. The number of nitrogens with two attached hydrogens (primary N) is 1. The van der Waals surface area contributed by atoms with Crippen molar-refractivity contribution in [1.29, 1.82) is 5.26 Å². The molecule has 1 aliphatic rings. The number of rotatable bonds is 0. The summed E-state index contributed by atoms with van der Waals surface area (Å²) in [7, 11) is 0. The molecule has 0 saturated heterocycles. The second-order valence-electron chi connectivity index (χ2n) is 2.88. The van der Waals surface area contributed by atoms with Crippen LogP contribution in [-0.2, 0) is 0 Å². The van der Waals surface area contributed by atoms with E-state index in [-0.39, 0.29) is 17.2 Å². The molecule has 0 aliphatic carbocycles. The third-order valence-corrected chi connectivity index (χ3v) is 1.89. The van der Waals surface area contributed by atoms with Gasteiger partial charge in [0.15, 0.2) is 5.82 Å². The van der Waals surface area contributed by atoms with Gasteiger partial charge in [-0.1, -0.05) is 0 Å². The SMILES string of the molecule is N#CC1CNc2nc(N)[nH]c(=O)c2N1. The number of aromatic nitrogens is 2. The third-order valence-electron chi connectivity index (χ3n) is 1.89. The fourth-order valence-corrected chi connectivity index (χ4v) is 1.25. The lowest BCUT2D eigenvalue weighted by Gasteiger charge is -2.21. The van der Waals surface area contributed by atoms with E-state index in [2.05, 4.69) is 20.6 Å². The van der Waals surface area contributed by atoms with Crippen LogP contribution >= 0.6 is 0 Å². The van der Waals surface area contributed by atoms with Crippen LogP contribution in [0.1, 0.15) is 0 Å².